The fourth-order valence-corrected chi connectivity index (χ4v) is 5.43. The summed E-state index contributed by atoms with van der Waals surface area (Å²) in [6, 6.07) is 8.42. The van der Waals surface area contributed by atoms with Gasteiger partial charge in [0.2, 0.25) is 11.6 Å². The Kier molecular flexibility index (Phi) is 3.00. The smallest absolute Gasteiger partial charge is 0.291 e. The minimum absolute atomic E-state index is 0.335. The third-order valence-corrected chi connectivity index (χ3v) is 6.77. The van der Waals surface area contributed by atoms with Crippen molar-refractivity contribution in [3.63, 3.8) is 0 Å². The molecular weight excluding hydrogens is 287 g/mol. The fourth-order valence-electron chi connectivity index (χ4n) is 3.91. The van der Waals surface area contributed by atoms with Crippen LogP contribution in [0.25, 0.3) is 0 Å². The number of hydrogen-bond acceptors (Lipinski definition) is 4. The van der Waals surface area contributed by atoms with E-state index in [0.717, 1.165) is 0 Å². The number of Topliss-reactive ketones (excluding diaryl/α,β-unsaturated/α-hetero) is 2. The third kappa shape index (κ3) is 1.60. The maximum atomic E-state index is 12.8. The lowest BCUT2D eigenvalue weighted by Crippen LogP contribution is -2.43. The number of hydrogen-bond donors (Lipinski definition) is 0. The molecule has 3 unspecified atom stereocenters. The number of ketones is 2. The molecule has 2 aliphatic rings. The number of rotatable bonds is 3. The zero-order chi connectivity index (χ0) is 15.4. The van der Waals surface area contributed by atoms with Crippen LogP contribution in [0.5, 0.6) is 0 Å². The van der Waals surface area contributed by atoms with Crippen LogP contribution in [-0.2, 0) is 18.9 Å². The number of carbonyl (C=O) groups excluding carboxylic acids is 3. The minimum atomic E-state index is -2.34. The molecule has 2 aliphatic carbocycles. The average Bonchev–Trinajstić information content (AvgIpc) is 2.83. The van der Waals surface area contributed by atoms with Crippen molar-refractivity contribution < 1.29 is 18.9 Å². The second kappa shape index (κ2) is 4.41. The Hall–Kier alpha value is -1.67. The van der Waals surface area contributed by atoms with Crippen LogP contribution >= 0.6 is 7.80 Å². The monoisotopic (exact) mass is 303 g/mol. The molecule has 2 fully saturated rings. The van der Waals surface area contributed by atoms with Gasteiger partial charge in [0.1, 0.15) is 0 Å². The van der Waals surface area contributed by atoms with Gasteiger partial charge in [-0.15, -0.1) is 0 Å². The Balaban J connectivity index is 2.07. The van der Waals surface area contributed by atoms with Crippen LogP contribution in [0.15, 0.2) is 30.3 Å². The van der Waals surface area contributed by atoms with Gasteiger partial charge >= 0.3 is 13.3 Å². The molecule has 108 valence electrons. The van der Waals surface area contributed by atoms with Crippen molar-refractivity contribution in [1.82, 2.24) is 0 Å². The predicted molar refractivity (Wildman–Crippen MR) is 77.6 cm³/mol. The largest absolute Gasteiger partial charge is 0.454 e. The fraction of sp³-hybridized carbons (Fsp3) is 0.438. The maximum absolute atomic E-state index is 12.8. The van der Waals surface area contributed by atoms with Crippen molar-refractivity contribution in [2.45, 2.75) is 26.7 Å². The van der Waals surface area contributed by atoms with Crippen molar-refractivity contribution >= 4 is 30.2 Å². The van der Waals surface area contributed by atoms with Gasteiger partial charge in [0.25, 0.3) is 0 Å². The van der Waals surface area contributed by atoms with Gasteiger partial charge in [0.15, 0.2) is 10.7 Å². The zero-order valence-corrected chi connectivity index (χ0v) is 12.9. The quantitative estimate of drug-likeness (QED) is 0.488. The number of carbonyl (C=O) groups is 3. The molecule has 0 aliphatic heterocycles. The molecule has 2 saturated carbocycles. The van der Waals surface area contributed by atoms with Crippen molar-refractivity contribution in [3.05, 3.63) is 30.3 Å². The number of benzene rings is 1. The highest BCUT2D eigenvalue weighted by molar-refractivity contribution is 7.71. The van der Waals surface area contributed by atoms with Gasteiger partial charge in [-0.3, -0.25) is 9.59 Å². The third-order valence-electron chi connectivity index (χ3n) is 5.25. The van der Waals surface area contributed by atoms with Crippen molar-refractivity contribution in [1.29, 1.82) is 0 Å². The molecular formula is C16H16O4P+. The number of fused-ring (bicyclic) bond motifs is 2. The van der Waals surface area contributed by atoms with Gasteiger partial charge in [-0.2, -0.15) is 0 Å². The standard InChI is InChI=1S/C16H16O4P/c1-15(2)11-8-9-16(15,13(18)12(11)17)14(19)21(20)10-6-4-3-5-7-10/h3-7,11H,8-9H2,1-2H3/q+1. The summed E-state index contributed by atoms with van der Waals surface area (Å²) in [5.74, 6) is -1.50. The molecule has 0 saturated heterocycles. The SMILES string of the molecule is CC1(C)C2CCC1(C(=O)[P+](=O)c1ccccc1)C(=O)C2=O. The first-order valence-electron chi connectivity index (χ1n) is 6.99. The highest BCUT2D eigenvalue weighted by atomic mass is 31.1. The van der Waals surface area contributed by atoms with E-state index in [-0.39, 0.29) is 0 Å². The van der Waals surface area contributed by atoms with Crippen LogP contribution in [0.2, 0.25) is 0 Å². The van der Waals surface area contributed by atoms with E-state index >= 15 is 0 Å². The van der Waals surface area contributed by atoms with E-state index in [4.69, 9.17) is 0 Å². The molecule has 5 heteroatoms. The van der Waals surface area contributed by atoms with Crippen LogP contribution in [0, 0.1) is 16.7 Å². The minimum Gasteiger partial charge on any atom is -0.291 e. The molecule has 3 atom stereocenters. The van der Waals surface area contributed by atoms with Crippen LogP contribution in [-0.4, -0.2) is 17.1 Å². The first kappa shape index (κ1) is 14.3. The Labute approximate surface area is 123 Å². The molecule has 4 nitrogen and oxygen atoms in total. The Bertz CT molecular complexity index is 677. The van der Waals surface area contributed by atoms with Crippen LogP contribution in [0.3, 0.4) is 0 Å². The normalized spacial score (nSPS) is 30.6. The van der Waals surface area contributed by atoms with Gasteiger partial charge in [0, 0.05) is 5.92 Å². The molecule has 1 aromatic rings. The summed E-state index contributed by atoms with van der Waals surface area (Å²) in [7, 11) is -2.34. The van der Waals surface area contributed by atoms with E-state index in [0.29, 0.717) is 18.1 Å². The van der Waals surface area contributed by atoms with Crippen molar-refractivity contribution in [3.8, 4) is 0 Å². The van der Waals surface area contributed by atoms with Crippen LogP contribution in [0.4, 0.5) is 0 Å². The lowest BCUT2D eigenvalue weighted by molar-refractivity contribution is -0.145. The molecule has 0 aromatic heterocycles. The second-order valence-corrected chi connectivity index (χ2v) is 7.86. The summed E-state index contributed by atoms with van der Waals surface area (Å²) in [6.07, 6.45) is 0.864. The van der Waals surface area contributed by atoms with E-state index in [2.05, 4.69) is 0 Å². The van der Waals surface area contributed by atoms with E-state index in [1.54, 1.807) is 44.2 Å². The Morgan fingerprint density at radius 1 is 1.19 bits per heavy atom. The zero-order valence-electron chi connectivity index (χ0n) is 12.0. The van der Waals surface area contributed by atoms with Gasteiger partial charge < -0.3 is 0 Å². The van der Waals surface area contributed by atoms with Crippen molar-refractivity contribution in [2.24, 2.45) is 16.7 Å². The van der Waals surface area contributed by atoms with E-state index in [1.807, 2.05) is 0 Å². The summed E-state index contributed by atoms with van der Waals surface area (Å²) in [5, 5.41) is 0.415. The Morgan fingerprint density at radius 2 is 1.81 bits per heavy atom. The predicted octanol–water partition coefficient (Wildman–Crippen LogP) is 2.24. The first-order chi connectivity index (χ1) is 9.84. The average molecular weight is 303 g/mol. The lowest BCUT2D eigenvalue weighted by atomic mass is 9.70. The molecule has 3 rings (SSSR count). The van der Waals surface area contributed by atoms with Crippen molar-refractivity contribution in [2.75, 3.05) is 0 Å². The van der Waals surface area contributed by atoms with Gasteiger partial charge in [0.05, 0.1) is 0 Å². The van der Waals surface area contributed by atoms with Crippen LogP contribution < -0.4 is 5.30 Å². The molecule has 0 spiro atoms. The maximum Gasteiger partial charge on any atom is 0.454 e. The van der Waals surface area contributed by atoms with Gasteiger partial charge in [-0.1, -0.05) is 36.6 Å². The highest BCUT2D eigenvalue weighted by Crippen LogP contribution is 2.65. The topological polar surface area (TPSA) is 68.3 Å². The first-order valence-corrected chi connectivity index (χ1v) is 8.25. The lowest BCUT2D eigenvalue weighted by Gasteiger charge is -2.29. The summed E-state index contributed by atoms with van der Waals surface area (Å²) in [6.45, 7) is 3.55. The van der Waals surface area contributed by atoms with E-state index < -0.39 is 41.6 Å². The summed E-state index contributed by atoms with van der Waals surface area (Å²) >= 11 is 0. The molecule has 21 heavy (non-hydrogen) atoms. The molecule has 1 aromatic carbocycles. The van der Waals surface area contributed by atoms with E-state index in [9.17, 15) is 18.9 Å². The van der Waals surface area contributed by atoms with Gasteiger partial charge in [-0.05, 0) is 30.4 Å². The molecule has 0 radical (unpaired) electrons. The second-order valence-electron chi connectivity index (χ2n) is 6.35. The van der Waals surface area contributed by atoms with Crippen LogP contribution in [0.1, 0.15) is 26.7 Å². The summed E-state index contributed by atoms with van der Waals surface area (Å²) in [4.78, 5) is 37.3. The van der Waals surface area contributed by atoms with Gasteiger partial charge in [-0.25, -0.2) is 4.79 Å². The van der Waals surface area contributed by atoms with E-state index in [1.165, 1.54) is 0 Å². The molecule has 0 heterocycles. The molecule has 0 amide bonds. The summed E-state index contributed by atoms with van der Waals surface area (Å²) < 4.78 is 12.6. The Morgan fingerprint density at radius 3 is 2.33 bits per heavy atom. The molecule has 0 N–H and O–H groups in total. The molecule has 2 bridgehead atoms. The highest BCUT2D eigenvalue weighted by Gasteiger charge is 2.76. The summed E-state index contributed by atoms with van der Waals surface area (Å²) in [5.41, 5.74) is -2.71.